The molecule has 0 aromatic rings. The van der Waals surface area contributed by atoms with E-state index in [1.165, 1.54) is 6.08 Å². The molecule has 1 amide bonds. The van der Waals surface area contributed by atoms with Crippen LogP contribution >= 0.6 is 0 Å². The van der Waals surface area contributed by atoms with E-state index in [-0.39, 0.29) is 5.97 Å². The van der Waals surface area contributed by atoms with Gasteiger partial charge >= 0.3 is 12.1 Å². The Hall–Kier alpha value is -1.52. The van der Waals surface area contributed by atoms with Crippen LogP contribution in [0.1, 0.15) is 48.0 Å². The summed E-state index contributed by atoms with van der Waals surface area (Å²) in [4.78, 5) is 22.7. The minimum Gasteiger partial charge on any atom is -0.463 e. The molecule has 0 saturated heterocycles. The van der Waals surface area contributed by atoms with Gasteiger partial charge in [-0.05, 0) is 48.0 Å². The molecule has 19 heavy (non-hydrogen) atoms. The summed E-state index contributed by atoms with van der Waals surface area (Å²) in [6.45, 7) is 11.2. The average Bonchev–Trinajstić information content (AvgIpc) is 2.12. The standard InChI is InChI=1S/C14H25NO4/c1-7-18-11(16)9-8-10-14(5,6)15-12(17)19-13(2,3)4/h8-9H,7,10H2,1-6H3,(H,15,17). The van der Waals surface area contributed by atoms with Gasteiger partial charge in [-0.25, -0.2) is 9.59 Å². The van der Waals surface area contributed by atoms with Gasteiger partial charge in [-0.1, -0.05) is 6.08 Å². The maximum absolute atomic E-state index is 11.6. The van der Waals surface area contributed by atoms with Gasteiger partial charge in [0, 0.05) is 11.6 Å². The molecule has 0 spiro atoms. The van der Waals surface area contributed by atoms with E-state index >= 15 is 0 Å². The van der Waals surface area contributed by atoms with Crippen LogP contribution in [0.3, 0.4) is 0 Å². The first kappa shape index (κ1) is 17.5. The third-order valence-corrected chi connectivity index (χ3v) is 2.01. The largest absolute Gasteiger partial charge is 0.463 e. The zero-order chi connectivity index (χ0) is 15.1. The third kappa shape index (κ3) is 10.1. The molecule has 0 unspecified atom stereocenters. The van der Waals surface area contributed by atoms with Crippen LogP contribution in [-0.2, 0) is 14.3 Å². The summed E-state index contributed by atoms with van der Waals surface area (Å²) in [5.74, 6) is -0.379. The van der Waals surface area contributed by atoms with E-state index in [0.717, 1.165) is 0 Å². The van der Waals surface area contributed by atoms with Crippen molar-refractivity contribution in [2.24, 2.45) is 0 Å². The molecule has 0 aromatic carbocycles. The van der Waals surface area contributed by atoms with Crippen molar-refractivity contribution in [3.05, 3.63) is 12.2 Å². The van der Waals surface area contributed by atoms with Crippen LogP contribution in [0.15, 0.2) is 12.2 Å². The van der Waals surface area contributed by atoms with Crippen molar-refractivity contribution in [1.29, 1.82) is 0 Å². The predicted molar refractivity (Wildman–Crippen MR) is 73.8 cm³/mol. The molecule has 0 atom stereocenters. The number of hydrogen-bond acceptors (Lipinski definition) is 4. The highest BCUT2D eigenvalue weighted by Crippen LogP contribution is 2.12. The van der Waals surface area contributed by atoms with Gasteiger partial charge in [-0.3, -0.25) is 0 Å². The lowest BCUT2D eigenvalue weighted by atomic mass is 10.0. The van der Waals surface area contributed by atoms with E-state index < -0.39 is 17.2 Å². The molecule has 5 nitrogen and oxygen atoms in total. The second kappa shape index (κ2) is 7.16. The first-order chi connectivity index (χ1) is 8.56. The van der Waals surface area contributed by atoms with Crippen LogP contribution in [0.2, 0.25) is 0 Å². The van der Waals surface area contributed by atoms with Crippen molar-refractivity contribution in [2.75, 3.05) is 6.61 Å². The summed E-state index contributed by atoms with van der Waals surface area (Å²) in [6.07, 6.45) is 3.07. The number of amides is 1. The van der Waals surface area contributed by atoms with E-state index in [0.29, 0.717) is 13.0 Å². The second-order valence-electron chi connectivity index (χ2n) is 5.87. The highest BCUT2D eigenvalue weighted by atomic mass is 16.6. The summed E-state index contributed by atoms with van der Waals surface area (Å²) in [5.41, 5.74) is -1.02. The molecule has 0 rings (SSSR count). The van der Waals surface area contributed by atoms with E-state index in [1.54, 1.807) is 33.8 Å². The highest BCUT2D eigenvalue weighted by Gasteiger charge is 2.23. The molecule has 0 aliphatic heterocycles. The van der Waals surface area contributed by atoms with Crippen molar-refractivity contribution in [1.82, 2.24) is 5.32 Å². The Morgan fingerprint density at radius 3 is 2.21 bits per heavy atom. The lowest BCUT2D eigenvalue weighted by Gasteiger charge is -2.27. The van der Waals surface area contributed by atoms with E-state index in [2.05, 4.69) is 5.32 Å². The van der Waals surface area contributed by atoms with Crippen molar-refractivity contribution >= 4 is 12.1 Å². The van der Waals surface area contributed by atoms with Gasteiger partial charge in [0.05, 0.1) is 6.61 Å². The molecule has 0 saturated carbocycles. The maximum atomic E-state index is 11.6. The fourth-order valence-corrected chi connectivity index (χ4v) is 1.27. The van der Waals surface area contributed by atoms with Gasteiger partial charge in [0.1, 0.15) is 5.60 Å². The fourth-order valence-electron chi connectivity index (χ4n) is 1.27. The number of nitrogens with one attached hydrogen (secondary N) is 1. The second-order valence-corrected chi connectivity index (χ2v) is 5.87. The Morgan fingerprint density at radius 1 is 1.16 bits per heavy atom. The Labute approximate surface area is 115 Å². The number of alkyl carbamates (subject to hydrolysis) is 1. The summed E-state index contributed by atoms with van der Waals surface area (Å²) < 4.78 is 9.94. The Balaban J connectivity index is 4.25. The third-order valence-electron chi connectivity index (χ3n) is 2.01. The van der Waals surface area contributed by atoms with E-state index in [1.807, 2.05) is 13.8 Å². The number of hydrogen-bond donors (Lipinski definition) is 1. The van der Waals surface area contributed by atoms with Crippen LogP contribution < -0.4 is 5.32 Å². The van der Waals surface area contributed by atoms with Gasteiger partial charge in [0.2, 0.25) is 0 Å². The van der Waals surface area contributed by atoms with Crippen LogP contribution in [0.5, 0.6) is 0 Å². The first-order valence-corrected chi connectivity index (χ1v) is 6.40. The van der Waals surface area contributed by atoms with Crippen LogP contribution in [0, 0.1) is 0 Å². The monoisotopic (exact) mass is 271 g/mol. The van der Waals surface area contributed by atoms with Crippen molar-refractivity contribution in [2.45, 2.75) is 59.1 Å². The van der Waals surface area contributed by atoms with Crippen molar-refractivity contribution in [3.8, 4) is 0 Å². The molecule has 0 aliphatic carbocycles. The van der Waals surface area contributed by atoms with Crippen molar-refractivity contribution in [3.63, 3.8) is 0 Å². The minimum absolute atomic E-state index is 0.350. The van der Waals surface area contributed by atoms with Gasteiger partial charge in [-0.15, -0.1) is 0 Å². The van der Waals surface area contributed by atoms with Crippen LogP contribution in [0.25, 0.3) is 0 Å². The molecule has 0 bridgehead atoms. The summed E-state index contributed by atoms with van der Waals surface area (Å²) in [5, 5.41) is 2.75. The SMILES string of the molecule is CCOC(=O)C=CCC(C)(C)NC(=O)OC(C)(C)C. The van der Waals surface area contributed by atoms with Gasteiger partial charge in [0.25, 0.3) is 0 Å². The summed E-state index contributed by atoms with van der Waals surface area (Å²) >= 11 is 0. The predicted octanol–water partition coefficient (Wildman–Crippen LogP) is 2.80. The fraction of sp³-hybridized carbons (Fsp3) is 0.714. The molecule has 5 heteroatoms. The smallest absolute Gasteiger partial charge is 0.408 e. The molecule has 0 radical (unpaired) electrons. The van der Waals surface area contributed by atoms with Gasteiger partial charge < -0.3 is 14.8 Å². The number of carbonyl (C=O) groups is 2. The lowest BCUT2D eigenvalue weighted by Crippen LogP contribution is -2.45. The normalized spacial score (nSPS) is 12.3. The molecule has 110 valence electrons. The quantitative estimate of drug-likeness (QED) is 0.617. The topological polar surface area (TPSA) is 64.6 Å². The Kier molecular flexibility index (Phi) is 6.59. The van der Waals surface area contributed by atoms with Gasteiger partial charge in [-0.2, -0.15) is 0 Å². The molecule has 0 fully saturated rings. The van der Waals surface area contributed by atoms with Crippen molar-refractivity contribution < 1.29 is 19.1 Å². The number of ether oxygens (including phenoxy) is 2. The number of esters is 1. The summed E-state index contributed by atoms with van der Waals surface area (Å²) in [6, 6.07) is 0. The molecule has 0 aliphatic rings. The molecular weight excluding hydrogens is 246 g/mol. The molecule has 1 N–H and O–H groups in total. The average molecular weight is 271 g/mol. The zero-order valence-corrected chi connectivity index (χ0v) is 12.7. The Bertz CT molecular complexity index is 340. The number of carbonyl (C=O) groups excluding carboxylic acids is 2. The van der Waals surface area contributed by atoms with Crippen LogP contribution in [0.4, 0.5) is 4.79 Å². The van der Waals surface area contributed by atoms with E-state index in [9.17, 15) is 9.59 Å². The number of rotatable bonds is 5. The molecule has 0 heterocycles. The van der Waals surface area contributed by atoms with Gasteiger partial charge in [0.15, 0.2) is 0 Å². The lowest BCUT2D eigenvalue weighted by molar-refractivity contribution is -0.137. The molecular formula is C14H25NO4. The first-order valence-electron chi connectivity index (χ1n) is 6.40. The van der Waals surface area contributed by atoms with E-state index in [4.69, 9.17) is 9.47 Å². The zero-order valence-electron chi connectivity index (χ0n) is 12.7. The summed E-state index contributed by atoms with van der Waals surface area (Å²) in [7, 11) is 0. The molecule has 0 aromatic heterocycles. The minimum atomic E-state index is -0.527. The maximum Gasteiger partial charge on any atom is 0.408 e. The Morgan fingerprint density at radius 2 is 1.74 bits per heavy atom. The van der Waals surface area contributed by atoms with Crippen LogP contribution in [-0.4, -0.2) is 29.8 Å². The highest BCUT2D eigenvalue weighted by molar-refractivity contribution is 5.81.